The van der Waals surface area contributed by atoms with Crippen LogP contribution in [-0.2, 0) is 28.6 Å². The smallest absolute Gasteiger partial charge is 0.362 e. The van der Waals surface area contributed by atoms with Crippen molar-refractivity contribution in [1.82, 2.24) is 0 Å². The van der Waals surface area contributed by atoms with Crippen LogP contribution >= 0.6 is 0 Å². The monoisotopic (exact) mass is 711 g/mol. The van der Waals surface area contributed by atoms with Crippen molar-refractivity contribution in [1.29, 1.82) is 0 Å². The number of hydrogen-bond donors (Lipinski definition) is 1. The minimum absolute atomic E-state index is 0.0549. The summed E-state index contributed by atoms with van der Waals surface area (Å²) in [6, 6.07) is -0.613. The molecular formula is C42H80NO7+. The van der Waals surface area contributed by atoms with Crippen molar-refractivity contribution in [2.45, 2.75) is 199 Å². The summed E-state index contributed by atoms with van der Waals surface area (Å²) >= 11 is 0. The largest absolute Gasteiger partial charge is 0.477 e. The molecule has 0 spiro atoms. The van der Waals surface area contributed by atoms with Crippen LogP contribution in [-0.4, -0.2) is 80.6 Å². The van der Waals surface area contributed by atoms with Gasteiger partial charge in [-0.2, -0.15) is 0 Å². The van der Waals surface area contributed by atoms with Crippen LogP contribution in [0.1, 0.15) is 187 Å². The molecule has 8 heteroatoms. The van der Waals surface area contributed by atoms with Gasteiger partial charge in [-0.1, -0.05) is 148 Å². The first-order valence-electron chi connectivity index (χ1n) is 20.7. The predicted octanol–water partition coefficient (Wildman–Crippen LogP) is 10.7. The Morgan fingerprint density at radius 1 is 0.580 bits per heavy atom. The Labute approximate surface area is 308 Å². The number of carbonyl (C=O) groups excluding carboxylic acids is 2. The quantitative estimate of drug-likeness (QED) is 0.0296. The van der Waals surface area contributed by atoms with Crippen molar-refractivity contribution >= 4 is 17.9 Å². The molecule has 294 valence electrons. The summed E-state index contributed by atoms with van der Waals surface area (Å²) in [5.74, 6) is -1.50. The van der Waals surface area contributed by atoms with E-state index in [0.29, 0.717) is 19.3 Å². The van der Waals surface area contributed by atoms with Gasteiger partial charge in [0.25, 0.3) is 0 Å². The number of carboxylic acids is 1. The van der Waals surface area contributed by atoms with Crippen molar-refractivity contribution in [3.63, 3.8) is 0 Å². The molecule has 0 saturated heterocycles. The molecule has 2 atom stereocenters. The summed E-state index contributed by atoms with van der Waals surface area (Å²) in [7, 11) is 5.51. The third-order valence-electron chi connectivity index (χ3n) is 9.41. The molecular weight excluding hydrogens is 630 g/mol. The number of allylic oxidation sites excluding steroid dienone is 2. The standard InChI is InChI=1S/C42H79NO7/c1-6-8-10-12-14-16-17-18-19-20-21-22-23-25-26-28-30-32-40(44)49-37-38(36-48-35-34-39(42(46)47)43(3,4)5)50-41(45)33-31-29-27-24-15-13-11-9-7-2/h24,27,38-39H,6-23,25-26,28-37H2,1-5H3/p+1/b27-24+. The molecule has 8 nitrogen and oxygen atoms in total. The molecule has 0 aliphatic carbocycles. The van der Waals surface area contributed by atoms with E-state index in [2.05, 4.69) is 26.0 Å². The molecule has 0 heterocycles. The predicted molar refractivity (Wildman–Crippen MR) is 206 cm³/mol. The molecule has 0 aliphatic heterocycles. The number of carboxylic acid groups (broad SMARTS) is 1. The summed E-state index contributed by atoms with van der Waals surface area (Å²) in [6.07, 6.45) is 34.1. The van der Waals surface area contributed by atoms with Crippen LogP contribution in [0.15, 0.2) is 12.2 Å². The van der Waals surface area contributed by atoms with Gasteiger partial charge in [-0.3, -0.25) is 9.59 Å². The van der Waals surface area contributed by atoms with E-state index < -0.39 is 18.1 Å². The third kappa shape index (κ3) is 32.0. The Hall–Kier alpha value is -1.93. The van der Waals surface area contributed by atoms with E-state index in [9.17, 15) is 19.5 Å². The average Bonchev–Trinajstić information content (AvgIpc) is 3.06. The number of nitrogens with zero attached hydrogens (tertiary/aromatic N) is 1. The van der Waals surface area contributed by atoms with Gasteiger partial charge < -0.3 is 23.8 Å². The summed E-state index contributed by atoms with van der Waals surface area (Å²) in [5, 5.41) is 9.58. The second-order valence-electron chi connectivity index (χ2n) is 15.2. The average molecular weight is 711 g/mol. The summed E-state index contributed by atoms with van der Waals surface area (Å²) in [6.45, 7) is 4.68. The molecule has 0 bridgehead atoms. The topological polar surface area (TPSA) is 99.1 Å². The molecule has 0 aliphatic rings. The fourth-order valence-corrected chi connectivity index (χ4v) is 6.15. The zero-order chi connectivity index (χ0) is 37.1. The molecule has 0 aromatic rings. The number of quaternary nitrogens is 1. The molecule has 0 aromatic carbocycles. The molecule has 0 fully saturated rings. The second-order valence-corrected chi connectivity index (χ2v) is 15.2. The number of hydrogen-bond acceptors (Lipinski definition) is 6. The third-order valence-corrected chi connectivity index (χ3v) is 9.41. The molecule has 50 heavy (non-hydrogen) atoms. The molecule has 0 amide bonds. The maximum absolute atomic E-state index is 12.6. The highest BCUT2D eigenvalue weighted by molar-refractivity contribution is 5.72. The van der Waals surface area contributed by atoms with Crippen molar-refractivity contribution in [2.75, 3.05) is 41.0 Å². The van der Waals surface area contributed by atoms with Gasteiger partial charge in [0, 0.05) is 19.3 Å². The number of rotatable bonds is 37. The van der Waals surface area contributed by atoms with Crippen molar-refractivity contribution in [2.24, 2.45) is 0 Å². The molecule has 0 radical (unpaired) electrons. The van der Waals surface area contributed by atoms with Gasteiger partial charge in [0.05, 0.1) is 34.4 Å². The van der Waals surface area contributed by atoms with Gasteiger partial charge in [-0.15, -0.1) is 0 Å². The molecule has 2 unspecified atom stereocenters. The van der Waals surface area contributed by atoms with Crippen LogP contribution in [0, 0.1) is 0 Å². The Bertz CT molecular complexity index is 838. The highest BCUT2D eigenvalue weighted by Gasteiger charge is 2.31. The Morgan fingerprint density at radius 3 is 1.50 bits per heavy atom. The highest BCUT2D eigenvalue weighted by Crippen LogP contribution is 2.15. The summed E-state index contributed by atoms with van der Waals surface area (Å²) in [5.41, 5.74) is 0. The van der Waals surface area contributed by atoms with Crippen LogP contribution in [0.5, 0.6) is 0 Å². The van der Waals surface area contributed by atoms with E-state index in [1.165, 1.54) is 116 Å². The van der Waals surface area contributed by atoms with Gasteiger partial charge >= 0.3 is 17.9 Å². The van der Waals surface area contributed by atoms with Gasteiger partial charge in [0.15, 0.2) is 12.1 Å². The van der Waals surface area contributed by atoms with E-state index >= 15 is 0 Å². The first kappa shape index (κ1) is 48.1. The number of esters is 2. The normalized spacial score (nSPS) is 13.1. The summed E-state index contributed by atoms with van der Waals surface area (Å²) < 4.78 is 17.2. The lowest BCUT2D eigenvalue weighted by Crippen LogP contribution is -2.50. The first-order valence-corrected chi connectivity index (χ1v) is 20.7. The molecule has 0 saturated carbocycles. The fourth-order valence-electron chi connectivity index (χ4n) is 6.15. The van der Waals surface area contributed by atoms with E-state index in [1.807, 2.05) is 21.1 Å². The Morgan fingerprint density at radius 2 is 1.02 bits per heavy atom. The number of ether oxygens (including phenoxy) is 3. The van der Waals surface area contributed by atoms with Gasteiger partial charge in [-0.05, 0) is 32.1 Å². The maximum Gasteiger partial charge on any atom is 0.362 e. The number of unbranched alkanes of at least 4 members (excludes halogenated alkanes) is 21. The minimum Gasteiger partial charge on any atom is -0.477 e. The van der Waals surface area contributed by atoms with Crippen molar-refractivity contribution in [3.8, 4) is 0 Å². The van der Waals surface area contributed by atoms with Crippen LogP contribution in [0.4, 0.5) is 0 Å². The SMILES string of the molecule is CCCCCC/C=C/CCCC(=O)OC(COCCC(C(=O)O)[N+](C)(C)C)COC(=O)CCCCCCCCCCCCCCCCCCC. The van der Waals surface area contributed by atoms with Crippen molar-refractivity contribution < 1.29 is 38.2 Å². The van der Waals surface area contributed by atoms with E-state index in [4.69, 9.17) is 14.2 Å². The lowest BCUT2D eigenvalue weighted by atomic mass is 10.0. The minimum atomic E-state index is -0.877. The number of aliphatic carboxylic acids is 1. The second kappa shape index (κ2) is 34.2. The van der Waals surface area contributed by atoms with Gasteiger partial charge in [0.2, 0.25) is 0 Å². The molecule has 1 N–H and O–H groups in total. The number of likely N-dealkylation sites (N-methyl/N-ethyl adjacent to an activating group) is 1. The van der Waals surface area contributed by atoms with E-state index in [1.54, 1.807) is 0 Å². The summed E-state index contributed by atoms with van der Waals surface area (Å²) in [4.78, 5) is 36.7. The molecule has 0 rings (SSSR count). The lowest BCUT2D eigenvalue weighted by molar-refractivity contribution is -0.887. The highest BCUT2D eigenvalue weighted by atomic mass is 16.6. The van der Waals surface area contributed by atoms with Gasteiger partial charge in [0.1, 0.15) is 6.61 Å². The zero-order valence-electron chi connectivity index (χ0n) is 33.4. The fraction of sp³-hybridized carbons (Fsp3) is 0.881. The Balaban J connectivity index is 4.28. The zero-order valence-corrected chi connectivity index (χ0v) is 33.4. The van der Waals surface area contributed by atoms with Crippen molar-refractivity contribution in [3.05, 3.63) is 12.2 Å². The lowest BCUT2D eigenvalue weighted by Gasteiger charge is -2.31. The van der Waals surface area contributed by atoms with Gasteiger partial charge in [-0.25, -0.2) is 4.79 Å². The molecule has 0 aromatic heterocycles. The maximum atomic E-state index is 12.6. The van der Waals surface area contributed by atoms with Crippen LogP contribution < -0.4 is 0 Å². The van der Waals surface area contributed by atoms with Crippen LogP contribution in [0.2, 0.25) is 0 Å². The van der Waals surface area contributed by atoms with Crippen LogP contribution in [0.25, 0.3) is 0 Å². The van der Waals surface area contributed by atoms with E-state index in [-0.39, 0.29) is 42.7 Å². The Kier molecular flexibility index (Phi) is 32.9. The van der Waals surface area contributed by atoms with Crippen LogP contribution in [0.3, 0.4) is 0 Å². The first-order chi connectivity index (χ1) is 24.1. The van der Waals surface area contributed by atoms with E-state index in [0.717, 1.165) is 32.1 Å². The number of carbonyl (C=O) groups is 3.